The van der Waals surface area contributed by atoms with Crippen molar-refractivity contribution in [1.82, 2.24) is 0 Å². The third kappa shape index (κ3) is 2.78. The van der Waals surface area contributed by atoms with Crippen molar-refractivity contribution in [2.75, 3.05) is 0 Å². The molecule has 82 valence electrons. The van der Waals surface area contributed by atoms with Gasteiger partial charge >= 0.3 is 0 Å². The Bertz CT molecular complexity index is 351. The Morgan fingerprint density at radius 1 is 1.27 bits per heavy atom. The quantitative estimate of drug-likeness (QED) is 0.798. The summed E-state index contributed by atoms with van der Waals surface area (Å²) in [6.45, 7) is 5.81. The molecule has 0 aromatic heterocycles. The number of benzene rings is 1. The van der Waals surface area contributed by atoms with Gasteiger partial charge in [-0.15, -0.1) is 0 Å². The first-order valence-corrected chi connectivity index (χ1v) is 4.87. The largest absolute Gasteiger partial charge is 0.369 e. The first-order chi connectivity index (χ1) is 6.82. The van der Waals surface area contributed by atoms with Crippen LogP contribution in [-0.4, -0.2) is 5.91 Å². The summed E-state index contributed by atoms with van der Waals surface area (Å²) in [7, 11) is 0. The number of amides is 1. The second-order valence-electron chi connectivity index (χ2n) is 4.75. The van der Waals surface area contributed by atoms with Crippen molar-refractivity contribution in [3.05, 3.63) is 35.6 Å². The molecule has 1 amide bonds. The van der Waals surface area contributed by atoms with Gasteiger partial charge in [-0.25, -0.2) is 4.39 Å². The Balaban J connectivity index is 3.11. The second-order valence-corrected chi connectivity index (χ2v) is 4.75. The van der Waals surface area contributed by atoms with Gasteiger partial charge in [0.1, 0.15) is 5.82 Å². The Morgan fingerprint density at radius 2 is 1.73 bits per heavy atom. The molecule has 2 nitrogen and oxygen atoms in total. The van der Waals surface area contributed by atoms with Gasteiger partial charge in [0.25, 0.3) is 0 Å². The molecule has 1 atom stereocenters. The van der Waals surface area contributed by atoms with Gasteiger partial charge in [-0.2, -0.15) is 0 Å². The predicted octanol–water partition coefficient (Wildman–Crippen LogP) is 2.44. The van der Waals surface area contributed by atoms with Crippen molar-refractivity contribution < 1.29 is 9.18 Å². The highest BCUT2D eigenvalue weighted by atomic mass is 19.1. The number of rotatable bonds is 2. The number of halogens is 1. The van der Waals surface area contributed by atoms with Crippen LogP contribution in [0.5, 0.6) is 0 Å². The number of carbonyl (C=O) groups excluding carboxylic acids is 1. The van der Waals surface area contributed by atoms with Crippen molar-refractivity contribution in [1.29, 1.82) is 0 Å². The minimum atomic E-state index is -0.391. The predicted molar refractivity (Wildman–Crippen MR) is 57.8 cm³/mol. The molecule has 0 fully saturated rings. The van der Waals surface area contributed by atoms with Gasteiger partial charge in [0, 0.05) is 0 Å². The smallest absolute Gasteiger partial charge is 0.225 e. The maximum absolute atomic E-state index is 12.7. The van der Waals surface area contributed by atoms with Crippen LogP contribution in [0, 0.1) is 11.2 Å². The van der Waals surface area contributed by atoms with Gasteiger partial charge in [0.15, 0.2) is 0 Å². The second kappa shape index (κ2) is 4.01. The van der Waals surface area contributed by atoms with Crippen molar-refractivity contribution in [3.8, 4) is 0 Å². The number of nitrogens with two attached hydrogens (primary N) is 1. The van der Waals surface area contributed by atoms with Crippen molar-refractivity contribution in [2.24, 2.45) is 11.1 Å². The molecular formula is C12H16FNO. The van der Waals surface area contributed by atoms with E-state index in [1.165, 1.54) is 12.1 Å². The molecule has 0 spiro atoms. The molecule has 1 aromatic rings. The molecule has 0 aliphatic carbocycles. The van der Waals surface area contributed by atoms with E-state index < -0.39 is 5.92 Å². The summed E-state index contributed by atoms with van der Waals surface area (Å²) in [5.41, 5.74) is 5.86. The van der Waals surface area contributed by atoms with E-state index in [2.05, 4.69) is 0 Å². The van der Waals surface area contributed by atoms with Crippen LogP contribution in [0.25, 0.3) is 0 Å². The number of hydrogen-bond donors (Lipinski definition) is 1. The fourth-order valence-electron chi connectivity index (χ4n) is 1.75. The minimum absolute atomic E-state index is 0.260. The molecule has 3 heteroatoms. The highest BCUT2D eigenvalue weighted by Gasteiger charge is 2.30. The average Bonchev–Trinajstić information content (AvgIpc) is 2.05. The Morgan fingerprint density at radius 3 is 2.07 bits per heavy atom. The molecule has 0 aliphatic rings. The molecule has 0 saturated heterocycles. The van der Waals surface area contributed by atoms with E-state index >= 15 is 0 Å². The molecule has 15 heavy (non-hydrogen) atoms. The van der Waals surface area contributed by atoms with Crippen LogP contribution in [-0.2, 0) is 4.79 Å². The Labute approximate surface area is 89.3 Å². The van der Waals surface area contributed by atoms with Gasteiger partial charge in [-0.05, 0) is 23.1 Å². The highest BCUT2D eigenvalue weighted by molar-refractivity contribution is 5.82. The van der Waals surface area contributed by atoms with Gasteiger partial charge in [0.05, 0.1) is 5.92 Å². The zero-order chi connectivity index (χ0) is 11.6. The molecule has 1 rings (SSSR count). The van der Waals surface area contributed by atoms with Gasteiger partial charge in [-0.1, -0.05) is 32.9 Å². The maximum atomic E-state index is 12.7. The molecule has 0 bridgehead atoms. The summed E-state index contributed by atoms with van der Waals surface area (Å²) < 4.78 is 12.7. The lowest BCUT2D eigenvalue weighted by atomic mass is 9.76. The van der Waals surface area contributed by atoms with Crippen LogP contribution in [0.15, 0.2) is 24.3 Å². The van der Waals surface area contributed by atoms with E-state index in [-0.39, 0.29) is 17.1 Å². The molecule has 1 aromatic carbocycles. The summed E-state index contributed by atoms with van der Waals surface area (Å²) in [5, 5.41) is 0. The normalized spacial score (nSPS) is 13.6. The molecular weight excluding hydrogens is 193 g/mol. The van der Waals surface area contributed by atoms with Crippen LogP contribution in [0.2, 0.25) is 0 Å². The summed E-state index contributed by atoms with van der Waals surface area (Å²) in [6, 6.07) is 5.90. The minimum Gasteiger partial charge on any atom is -0.369 e. The van der Waals surface area contributed by atoms with Gasteiger partial charge in [-0.3, -0.25) is 4.79 Å². The Kier molecular flexibility index (Phi) is 3.12. The molecule has 0 aliphatic heterocycles. The topological polar surface area (TPSA) is 43.1 Å². The van der Waals surface area contributed by atoms with E-state index in [1.807, 2.05) is 20.8 Å². The van der Waals surface area contributed by atoms with E-state index in [0.29, 0.717) is 0 Å². The SMILES string of the molecule is CC(C)(C)C(C(N)=O)c1ccc(F)cc1. The lowest BCUT2D eigenvalue weighted by Crippen LogP contribution is -2.31. The lowest BCUT2D eigenvalue weighted by Gasteiger charge is -2.28. The van der Waals surface area contributed by atoms with Crippen LogP contribution < -0.4 is 5.73 Å². The number of primary amides is 1. The van der Waals surface area contributed by atoms with E-state index in [0.717, 1.165) is 5.56 Å². The van der Waals surface area contributed by atoms with Gasteiger partial charge in [0.2, 0.25) is 5.91 Å². The molecule has 0 saturated carbocycles. The Hall–Kier alpha value is -1.38. The first-order valence-electron chi connectivity index (χ1n) is 4.87. The fraction of sp³-hybridized carbons (Fsp3) is 0.417. The van der Waals surface area contributed by atoms with Crippen LogP contribution in [0.3, 0.4) is 0 Å². The van der Waals surface area contributed by atoms with Crippen LogP contribution in [0.4, 0.5) is 4.39 Å². The van der Waals surface area contributed by atoms with E-state index in [1.54, 1.807) is 12.1 Å². The fourth-order valence-corrected chi connectivity index (χ4v) is 1.75. The zero-order valence-electron chi connectivity index (χ0n) is 9.25. The number of carbonyl (C=O) groups is 1. The average molecular weight is 209 g/mol. The summed E-state index contributed by atoms with van der Waals surface area (Å²) in [6.07, 6.45) is 0. The van der Waals surface area contributed by atoms with Crippen molar-refractivity contribution >= 4 is 5.91 Å². The molecule has 1 unspecified atom stereocenters. The first kappa shape index (κ1) is 11.7. The molecule has 2 N–H and O–H groups in total. The monoisotopic (exact) mass is 209 g/mol. The van der Waals surface area contributed by atoms with E-state index in [9.17, 15) is 9.18 Å². The number of hydrogen-bond acceptors (Lipinski definition) is 1. The van der Waals surface area contributed by atoms with Gasteiger partial charge < -0.3 is 5.73 Å². The summed E-state index contributed by atoms with van der Waals surface area (Å²) >= 11 is 0. The summed E-state index contributed by atoms with van der Waals surface area (Å²) in [4.78, 5) is 11.4. The third-order valence-electron chi connectivity index (χ3n) is 2.35. The molecule has 0 heterocycles. The summed E-state index contributed by atoms with van der Waals surface area (Å²) in [5.74, 6) is -1.08. The maximum Gasteiger partial charge on any atom is 0.225 e. The van der Waals surface area contributed by atoms with Crippen molar-refractivity contribution in [2.45, 2.75) is 26.7 Å². The van der Waals surface area contributed by atoms with Crippen LogP contribution in [0.1, 0.15) is 32.3 Å². The molecule has 0 radical (unpaired) electrons. The van der Waals surface area contributed by atoms with E-state index in [4.69, 9.17) is 5.73 Å². The third-order valence-corrected chi connectivity index (χ3v) is 2.35. The van der Waals surface area contributed by atoms with Crippen LogP contribution >= 0.6 is 0 Å². The zero-order valence-corrected chi connectivity index (χ0v) is 9.25. The lowest BCUT2D eigenvalue weighted by molar-refractivity contribution is -0.121. The standard InChI is InChI=1S/C12H16FNO/c1-12(2,3)10(11(14)15)8-4-6-9(13)7-5-8/h4-7,10H,1-3H3,(H2,14,15). The highest BCUT2D eigenvalue weighted by Crippen LogP contribution is 2.34. The van der Waals surface area contributed by atoms with Crippen molar-refractivity contribution in [3.63, 3.8) is 0 Å².